The zero-order valence-electron chi connectivity index (χ0n) is 10.0. The molecule has 3 rings (SSSR count). The van der Waals surface area contributed by atoms with Crippen molar-refractivity contribution in [2.45, 2.75) is 25.3 Å². The lowest BCUT2D eigenvalue weighted by Crippen LogP contribution is -2.38. The number of amides is 1. The largest absolute Gasteiger partial charge is 0.349 e. The Morgan fingerprint density at radius 2 is 2.17 bits per heavy atom. The highest BCUT2D eigenvalue weighted by molar-refractivity contribution is 5.94. The molecule has 1 amide bonds. The Bertz CT molecular complexity index is 547. The summed E-state index contributed by atoms with van der Waals surface area (Å²) in [5.41, 5.74) is 3.01. The van der Waals surface area contributed by atoms with Crippen molar-refractivity contribution in [2.24, 2.45) is 0 Å². The van der Waals surface area contributed by atoms with Crippen LogP contribution in [0.4, 0.5) is 0 Å². The van der Waals surface area contributed by atoms with Crippen LogP contribution in [0.1, 0.15) is 28.2 Å². The Kier molecular flexibility index (Phi) is 2.84. The van der Waals surface area contributed by atoms with E-state index in [2.05, 4.69) is 15.3 Å². The van der Waals surface area contributed by atoms with Crippen molar-refractivity contribution in [1.82, 2.24) is 15.3 Å². The molecule has 0 saturated heterocycles. The Labute approximate surface area is 105 Å². The number of rotatable bonds is 2. The molecule has 2 N–H and O–H groups in total. The van der Waals surface area contributed by atoms with Gasteiger partial charge < -0.3 is 10.3 Å². The van der Waals surface area contributed by atoms with Crippen molar-refractivity contribution in [3.8, 4) is 0 Å². The fourth-order valence-electron chi connectivity index (χ4n) is 2.38. The van der Waals surface area contributed by atoms with Crippen LogP contribution in [-0.4, -0.2) is 21.9 Å². The third-order valence-corrected chi connectivity index (χ3v) is 3.36. The summed E-state index contributed by atoms with van der Waals surface area (Å²) in [5.74, 6) is 0.00330. The number of benzene rings is 1. The maximum atomic E-state index is 12.0. The van der Waals surface area contributed by atoms with Crippen LogP contribution in [0.5, 0.6) is 0 Å². The van der Waals surface area contributed by atoms with Gasteiger partial charge in [0.2, 0.25) is 0 Å². The summed E-state index contributed by atoms with van der Waals surface area (Å²) < 4.78 is 0. The lowest BCUT2D eigenvalue weighted by Gasteiger charge is -2.22. The highest BCUT2D eigenvalue weighted by Crippen LogP contribution is 2.18. The van der Waals surface area contributed by atoms with Gasteiger partial charge in [-0.25, -0.2) is 4.98 Å². The molecule has 0 fully saturated rings. The van der Waals surface area contributed by atoms with Crippen molar-refractivity contribution in [3.63, 3.8) is 0 Å². The molecule has 1 aromatic carbocycles. The number of carbonyl (C=O) groups excluding carboxylic acids is 1. The van der Waals surface area contributed by atoms with E-state index in [-0.39, 0.29) is 11.9 Å². The molecule has 92 valence electrons. The van der Waals surface area contributed by atoms with Crippen LogP contribution in [0.3, 0.4) is 0 Å². The lowest BCUT2D eigenvalue weighted by molar-refractivity contribution is 0.0933. The molecule has 0 radical (unpaired) electrons. The smallest absolute Gasteiger partial charge is 0.251 e. The van der Waals surface area contributed by atoms with E-state index >= 15 is 0 Å². The molecular formula is C14H15N3O. The highest BCUT2D eigenvalue weighted by atomic mass is 16.1. The first-order chi connectivity index (χ1) is 8.83. The van der Waals surface area contributed by atoms with Gasteiger partial charge in [0.25, 0.3) is 5.91 Å². The molecule has 1 aliphatic rings. The van der Waals surface area contributed by atoms with Gasteiger partial charge >= 0.3 is 0 Å². The predicted octanol–water partition coefficient (Wildman–Crippen LogP) is 1.70. The summed E-state index contributed by atoms with van der Waals surface area (Å²) in [6.07, 6.45) is 4.45. The summed E-state index contributed by atoms with van der Waals surface area (Å²) >= 11 is 0. The fourth-order valence-corrected chi connectivity index (χ4v) is 2.38. The molecule has 0 aliphatic heterocycles. The minimum Gasteiger partial charge on any atom is -0.349 e. The molecular weight excluding hydrogens is 226 g/mol. The number of aromatic amines is 1. The highest BCUT2D eigenvalue weighted by Gasteiger charge is 2.22. The Morgan fingerprint density at radius 1 is 1.33 bits per heavy atom. The first-order valence-electron chi connectivity index (χ1n) is 6.20. The summed E-state index contributed by atoms with van der Waals surface area (Å²) in [6, 6.07) is 9.53. The van der Waals surface area contributed by atoms with Crippen LogP contribution < -0.4 is 5.32 Å². The number of carbonyl (C=O) groups is 1. The van der Waals surface area contributed by atoms with Gasteiger partial charge in [-0.05, 0) is 25.0 Å². The van der Waals surface area contributed by atoms with E-state index < -0.39 is 0 Å². The van der Waals surface area contributed by atoms with E-state index in [9.17, 15) is 4.79 Å². The molecule has 1 aliphatic carbocycles. The van der Waals surface area contributed by atoms with E-state index in [1.165, 1.54) is 0 Å². The van der Waals surface area contributed by atoms with Gasteiger partial charge in [-0.1, -0.05) is 18.2 Å². The Hall–Kier alpha value is -2.10. The quantitative estimate of drug-likeness (QED) is 0.840. The normalized spacial score (nSPS) is 18.1. The summed E-state index contributed by atoms with van der Waals surface area (Å²) in [5, 5.41) is 3.08. The van der Waals surface area contributed by atoms with E-state index in [1.807, 2.05) is 30.3 Å². The van der Waals surface area contributed by atoms with Gasteiger partial charge in [0, 0.05) is 23.7 Å². The summed E-state index contributed by atoms with van der Waals surface area (Å²) in [7, 11) is 0. The maximum absolute atomic E-state index is 12.0. The minimum absolute atomic E-state index is 0.00330. The van der Waals surface area contributed by atoms with Gasteiger partial charge in [-0.3, -0.25) is 4.79 Å². The predicted molar refractivity (Wildman–Crippen MR) is 68.3 cm³/mol. The molecule has 1 aromatic heterocycles. The molecule has 1 atom stereocenters. The maximum Gasteiger partial charge on any atom is 0.251 e. The average Bonchev–Trinajstić information content (AvgIpc) is 2.87. The minimum atomic E-state index is 0.00330. The number of hydrogen-bond acceptors (Lipinski definition) is 2. The molecule has 1 heterocycles. The Balaban J connectivity index is 1.67. The molecule has 18 heavy (non-hydrogen) atoms. The fraction of sp³-hybridized carbons (Fsp3) is 0.286. The van der Waals surface area contributed by atoms with E-state index in [4.69, 9.17) is 0 Å². The van der Waals surface area contributed by atoms with Crippen molar-refractivity contribution in [3.05, 3.63) is 53.6 Å². The number of nitrogens with one attached hydrogen (secondary N) is 2. The second kappa shape index (κ2) is 4.64. The van der Waals surface area contributed by atoms with Gasteiger partial charge in [-0.2, -0.15) is 0 Å². The monoisotopic (exact) mass is 241 g/mol. The van der Waals surface area contributed by atoms with Crippen molar-refractivity contribution in [2.75, 3.05) is 0 Å². The van der Waals surface area contributed by atoms with Crippen molar-refractivity contribution in [1.29, 1.82) is 0 Å². The van der Waals surface area contributed by atoms with Crippen LogP contribution in [0.25, 0.3) is 0 Å². The van der Waals surface area contributed by atoms with Gasteiger partial charge in [0.05, 0.1) is 12.0 Å². The third-order valence-electron chi connectivity index (χ3n) is 3.36. The van der Waals surface area contributed by atoms with E-state index in [0.29, 0.717) is 5.56 Å². The number of aromatic nitrogens is 2. The van der Waals surface area contributed by atoms with Crippen molar-refractivity contribution >= 4 is 5.91 Å². The SMILES string of the molecule is O=C(NC1CCc2nc[nH]c2C1)c1ccccc1. The first kappa shape index (κ1) is 11.0. The second-order valence-corrected chi connectivity index (χ2v) is 4.61. The molecule has 0 spiro atoms. The number of nitrogens with zero attached hydrogens (tertiary/aromatic N) is 1. The van der Waals surface area contributed by atoms with Crippen molar-refractivity contribution < 1.29 is 4.79 Å². The van der Waals surface area contributed by atoms with Gasteiger partial charge in [0.15, 0.2) is 0 Å². The number of H-pyrrole nitrogens is 1. The van der Waals surface area contributed by atoms with E-state index in [1.54, 1.807) is 6.33 Å². The second-order valence-electron chi connectivity index (χ2n) is 4.61. The zero-order chi connectivity index (χ0) is 12.4. The summed E-state index contributed by atoms with van der Waals surface area (Å²) in [6.45, 7) is 0. The number of fused-ring (bicyclic) bond motifs is 1. The third kappa shape index (κ3) is 2.14. The summed E-state index contributed by atoms with van der Waals surface area (Å²) in [4.78, 5) is 19.4. The molecule has 4 heteroatoms. The van der Waals surface area contributed by atoms with Crippen LogP contribution in [0.2, 0.25) is 0 Å². The van der Waals surface area contributed by atoms with Gasteiger partial charge in [0.1, 0.15) is 0 Å². The number of aryl methyl sites for hydroxylation is 1. The van der Waals surface area contributed by atoms with Crippen LogP contribution in [-0.2, 0) is 12.8 Å². The first-order valence-corrected chi connectivity index (χ1v) is 6.20. The van der Waals surface area contributed by atoms with Crippen LogP contribution in [0, 0.1) is 0 Å². The Morgan fingerprint density at radius 3 is 3.00 bits per heavy atom. The van der Waals surface area contributed by atoms with Gasteiger partial charge in [-0.15, -0.1) is 0 Å². The van der Waals surface area contributed by atoms with Crippen LogP contribution >= 0.6 is 0 Å². The number of hydrogen-bond donors (Lipinski definition) is 2. The average molecular weight is 241 g/mol. The van der Waals surface area contributed by atoms with Crippen LogP contribution in [0.15, 0.2) is 36.7 Å². The zero-order valence-corrected chi connectivity index (χ0v) is 10.0. The molecule has 0 bridgehead atoms. The molecule has 0 saturated carbocycles. The molecule has 1 unspecified atom stereocenters. The number of imidazole rings is 1. The topological polar surface area (TPSA) is 57.8 Å². The van der Waals surface area contributed by atoms with E-state index in [0.717, 1.165) is 30.7 Å². The molecule has 4 nitrogen and oxygen atoms in total. The standard InChI is InChI=1S/C14H15N3O/c18-14(10-4-2-1-3-5-10)17-11-6-7-12-13(8-11)16-9-15-12/h1-5,9,11H,6-8H2,(H,15,16)(H,17,18). The lowest BCUT2D eigenvalue weighted by atomic mass is 9.96. The molecule has 2 aromatic rings.